The van der Waals surface area contributed by atoms with Gasteiger partial charge in [-0.1, -0.05) is 23.3 Å². The van der Waals surface area contributed by atoms with Crippen molar-refractivity contribution in [2.75, 3.05) is 13.2 Å². The van der Waals surface area contributed by atoms with Crippen LogP contribution in [0, 0.1) is 0 Å². The molecule has 0 saturated carbocycles. The zero-order chi connectivity index (χ0) is 20.6. The number of benzene rings is 1. The summed E-state index contributed by atoms with van der Waals surface area (Å²) in [6.45, 7) is 0.265. The number of esters is 1. The number of hydrogen-bond acceptors (Lipinski definition) is 6. The van der Waals surface area contributed by atoms with Gasteiger partial charge in [-0.25, -0.2) is 14.8 Å². The minimum atomic E-state index is -0.503. The Morgan fingerprint density at radius 3 is 2.83 bits per heavy atom. The molecule has 1 aromatic carbocycles. The lowest BCUT2D eigenvalue weighted by Crippen LogP contribution is -2.26. The summed E-state index contributed by atoms with van der Waals surface area (Å²) < 4.78 is 6.78. The van der Waals surface area contributed by atoms with E-state index in [1.165, 1.54) is 6.20 Å². The standard InChI is InChI=1S/C20H20N6O3/c1-26-17-10-3-2-8-15(17)24-18(19(26)27)14(13-23-25-21)7-6-12-29-20(28)16-9-4-5-11-22-16/h2-5,8-11,14H,6-7,12-13H2,1H3/t14-/m1/s1. The van der Waals surface area contributed by atoms with Crippen molar-refractivity contribution in [1.29, 1.82) is 0 Å². The Morgan fingerprint density at radius 2 is 2.07 bits per heavy atom. The monoisotopic (exact) mass is 392 g/mol. The van der Waals surface area contributed by atoms with Crippen molar-refractivity contribution in [1.82, 2.24) is 14.5 Å². The summed E-state index contributed by atoms with van der Waals surface area (Å²) in [6.07, 6.45) is 2.49. The number of para-hydroxylation sites is 2. The van der Waals surface area contributed by atoms with Crippen LogP contribution in [-0.2, 0) is 11.8 Å². The lowest BCUT2D eigenvalue weighted by Gasteiger charge is -2.16. The zero-order valence-corrected chi connectivity index (χ0v) is 15.9. The Labute approximate surface area is 166 Å². The van der Waals surface area contributed by atoms with Crippen LogP contribution in [0.3, 0.4) is 0 Å². The van der Waals surface area contributed by atoms with Gasteiger partial charge in [0.15, 0.2) is 0 Å². The maximum atomic E-state index is 12.8. The van der Waals surface area contributed by atoms with Crippen LogP contribution in [0.25, 0.3) is 21.5 Å². The van der Waals surface area contributed by atoms with E-state index in [2.05, 4.69) is 20.0 Å². The van der Waals surface area contributed by atoms with E-state index in [1.54, 1.807) is 29.8 Å². The van der Waals surface area contributed by atoms with Gasteiger partial charge in [0.05, 0.1) is 17.6 Å². The van der Waals surface area contributed by atoms with Crippen molar-refractivity contribution in [2.45, 2.75) is 18.8 Å². The molecule has 0 unspecified atom stereocenters. The first kappa shape index (κ1) is 20.0. The van der Waals surface area contributed by atoms with Gasteiger partial charge in [0, 0.05) is 30.6 Å². The van der Waals surface area contributed by atoms with Gasteiger partial charge in [0.25, 0.3) is 5.56 Å². The summed E-state index contributed by atoms with van der Waals surface area (Å²) >= 11 is 0. The Bertz CT molecular complexity index is 1110. The molecule has 0 saturated heterocycles. The van der Waals surface area contributed by atoms with Crippen LogP contribution in [0.4, 0.5) is 0 Å². The molecule has 148 valence electrons. The highest BCUT2D eigenvalue weighted by Gasteiger charge is 2.19. The molecule has 0 aliphatic heterocycles. The van der Waals surface area contributed by atoms with E-state index in [-0.39, 0.29) is 30.3 Å². The largest absolute Gasteiger partial charge is 0.461 e. The highest BCUT2D eigenvalue weighted by molar-refractivity contribution is 5.87. The van der Waals surface area contributed by atoms with Crippen LogP contribution in [0.15, 0.2) is 58.6 Å². The number of nitrogens with zero attached hydrogens (tertiary/aromatic N) is 6. The third kappa shape index (κ3) is 4.77. The fourth-order valence-electron chi connectivity index (χ4n) is 3.07. The average molecular weight is 392 g/mol. The molecule has 0 spiro atoms. The fraction of sp³-hybridized carbons (Fsp3) is 0.300. The number of carbonyl (C=O) groups excluding carboxylic acids is 1. The predicted molar refractivity (Wildman–Crippen MR) is 107 cm³/mol. The van der Waals surface area contributed by atoms with Gasteiger partial charge >= 0.3 is 5.97 Å². The number of rotatable bonds is 8. The molecular formula is C20H20N6O3. The zero-order valence-electron chi connectivity index (χ0n) is 15.9. The number of aryl methyl sites for hydroxylation is 1. The van der Waals surface area contributed by atoms with Crippen molar-refractivity contribution < 1.29 is 9.53 Å². The molecule has 9 heteroatoms. The van der Waals surface area contributed by atoms with Gasteiger partial charge < -0.3 is 9.30 Å². The molecule has 0 aliphatic rings. The Kier molecular flexibility index (Phi) is 6.55. The number of fused-ring (bicyclic) bond motifs is 1. The quantitative estimate of drug-likeness (QED) is 0.191. The maximum absolute atomic E-state index is 12.8. The summed E-state index contributed by atoms with van der Waals surface area (Å²) in [5.74, 6) is -0.875. The van der Waals surface area contributed by atoms with Gasteiger partial charge in [-0.3, -0.25) is 4.79 Å². The molecule has 29 heavy (non-hydrogen) atoms. The van der Waals surface area contributed by atoms with E-state index in [0.29, 0.717) is 24.1 Å². The van der Waals surface area contributed by atoms with Crippen LogP contribution >= 0.6 is 0 Å². The van der Waals surface area contributed by atoms with Crippen molar-refractivity contribution in [3.63, 3.8) is 0 Å². The molecule has 2 heterocycles. The minimum Gasteiger partial charge on any atom is -0.461 e. The normalized spacial score (nSPS) is 11.6. The molecule has 1 atom stereocenters. The maximum Gasteiger partial charge on any atom is 0.356 e. The topological polar surface area (TPSA) is 123 Å². The van der Waals surface area contributed by atoms with Crippen LogP contribution in [-0.4, -0.2) is 33.7 Å². The van der Waals surface area contributed by atoms with Crippen LogP contribution in [0.1, 0.15) is 34.9 Å². The summed E-state index contributed by atoms with van der Waals surface area (Å²) in [4.78, 5) is 36.0. The van der Waals surface area contributed by atoms with Crippen molar-refractivity contribution in [3.8, 4) is 0 Å². The number of pyridine rings is 1. The Balaban J connectivity index is 1.73. The number of aromatic nitrogens is 3. The fourth-order valence-corrected chi connectivity index (χ4v) is 3.07. The Morgan fingerprint density at radius 1 is 1.28 bits per heavy atom. The van der Waals surface area contributed by atoms with Crippen molar-refractivity contribution in [2.24, 2.45) is 12.2 Å². The lowest BCUT2D eigenvalue weighted by molar-refractivity contribution is 0.0489. The lowest BCUT2D eigenvalue weighted by atomic mass is 9.99. The van der Waals surface area contributed by atoms with E-state index in [9.17, 15) is 9.59 Å². The molecule has 3 aromatic rings. The van der Waals surface area contributed by atoms with E-state index in [4.69, 9.17) is 10.3 Å². The van der Waals surface area contributed by atoms with Gasteiger partial charge in [0.2, 0.25) is 0 Å². The number of hydrogen-bond donors (Lipinski definition) is 0. The minimum absolute atomic E-state index is 0.102. The summed E-state index contributed by atoms with van der Waals surface area (Å²) in [5.41, 5.74) is 10.5. The Hall–Kier alpha value is -3.71. The molecule has 2 aromatic heterocycles. The summed E-state index contributed by atoms with van der Waals surface area (Å²) in [6, 6.07) is 12.4. The molecule has 9 nitrogen and oxygen atoms in total. The summed E-state index contributed by atoms with van der Waals surface area (Å²) in [5, 5.41) is 3.64. The molecule has 0 bridgehead atoms. The third-order valence-corrected chi connectivity index (χ3v) is 4.56. The van der Waals surface area contributed by atoms with E-state index >= 15 is 0 Å². The first-order chi connectivity index (χ1) is 14.1. The molecular weight excluding hydrogens is 372 g/mol. The molecule has 0 N–H and O–H groups in total. The number of azide groups is 1. The van der Waals surface area contributed by atoms with Crippen LogP contribution in [0.5, 0.6) is 0 Å². The highest BCUT2D eigenvalue weighted by atomic mass is 16.5. The van der Waals surface area contributed by atoms with Crippen molar-refractivity contribution >= 4 is 17.0 Å². The average Bonchev–Trinajstić information content (AvgIpc) is 2.76. The number of carbonyl (C=O) groups is 1. The second-order valence-electron chi connectivity index (χ2n) is 6.45. The van der Waals surface area contributed by atoms with Crippen LogP contribution in [0.2, 0.25) is 0 Å². The molecule has 3 rings (SSSR count). The SMILES string of the molecule is Cn1c(=O)c([C@H](CCCOC(=O)c2ccccn2)CN=[N+]=[N-])nc2ccccc21. The van der Waals surface area contributed by atoms with Gasteiger partial charge in [-0.05, 0) is 42.6 Å². The van der Waals surface area contributed by atoms with Crippen molar-refractivity contribution in [3.05, 3.63) is 80.8 Å². The first-order valence-corrected chi connectivity index (χ1v) is 9.16. The molecule has 0 aliphatic carbocycles. The van der Waals surface area contributed by atoms with Crippen LogP contribution < -0.4 is 5.56 Å². The van der Waals surface area contributed by atoms with E-state index < -0.39 is 5.97 Å². The molecule has 0 amide bonds. The highest BCUT2D eigenvalue weighted by Crippen LogP contribution is 2.20. The molecule has 0 fully saturated rings. The first-order valence-electron chi connectivity index (χ1n) is 9.16. The summed E-state index contributed by atoms with van der Waals surface area (Å²) in [7, 11) is 1.69. The molecule has 0 radical (unpaired) electrons. The number of ether oxygens (including phenoxy) is 1. The van der Waals surface area contributed by atoms with Gasteiger partial charge in [-0.15, -0.1) is 0 Å². The van der Waals surface area contributed by atoms with Gasteiger partial charge in [0.1, 0.15) is 11.4 Å². The third-order valence-electron chi connectivity index (χ3n) is 4.56. The second kappa shape index (κ2) is 9.48. The van der Waals surface area contributed by atoms with E-state index in [0.717, 1.165) is 5.52 Å². The predicted octanol–water partition coefficient (Wildman–Crippen LogP) is 3.36. The smallest absolute Gasteiger partial charge is 0.356 e. The van der Waals surface area contributed by atoms with E-state index in [1.807, 2.05) is 24.3 Å². The van der Waals surface area contributed by atoms with Gasteiger partial charge in [-0.2, -0.15) is 0 Å². The second-order valence-corrected chi connectivity index (χ2v) is 6.45.